The van der Waals surface area contributed by atoms with Crippen molar-refractivity contribution < 1.29 is 9.15 Å². The summed E-state index contributed by atoms with van der Waals surface area (Å²) in [5.41, 5.74) is 16.0. The molecule has 3 heteroatoms. The Morgan fingerprint density at radius 2 is 0.906 bits per heavy atom. The second-order valence-corrected chi connectivity index (χ2v) is 16.8. The first kappa shape index (κ1) is 36.3. The topological polar surface area (TPSA) is 25.6 Å². The molecule has 0 saturated heterocycles. The van der Waals surface area contributed by atoms with Crippen LogP contribution in [0, 0.1) is 0 Å². The molecule has 300 valence electrons. The molecule has 0 bridgehead atoms. The van der Waals surface area contributed by atoms with Crippen molar-refractivity contribution in [3.63, 3.8) is 0 Å². The molecule has 0 N–H and O–H groups in total. The summed E-state index contributed by atoms with van der Waals surface area (Å²) in [7, 11) is 0. The first-order valence-corrected chi connectivity index (χ1v) is 21.9. The molecule has 1 aliphatic carbocycles. The Labute approximate surface area is 371 Å². The molecule has 11 aromatic rings. The molecule has 3 nitrogen and oxygen atoms in total. The van der Waals surface area contributed by atoms with Crippen LogP contribution >= 0.6 is 0 Å². The summed E-state index contributed by atoms with van der Waals surface area (Å²) in [6.45, 7) is 0. The van der Waals surface area contributed by atoms with Gasteiger partial charge in [0.05, 0.1) is 5.39 Å². The van der Waals surface area contributed by atoms with E-state index in [1.54, 1.807) is 0 Å². The second kappa shape index (κ2) is 14.3. The van der Waals surface area contributed by atoms with Crippen molar-refractivity contribution in [2.45, 2.75) is 5.41 Å². The van der Waals surface area contributed by atoms with E-state index in [2.05, 4.69) is 241 Å². The van der Waals surface area contributed by atoms with Crippen molar-refractivity contribution >= 4 is 38.8 Å². The third kappa shape index (κ3) is 5.47. The lowest BCUT2D eigenvalue weighted by Gasteiger charge is -2.36. The number of anilines is 3. The molecule has 1 aliphatic heterocycles. The van der Waals surface area contributed by atoms with Gasteiger partial charge in [0.15, 0.2) is 11.5 Å². The van der Waals surface area contributed by atoms with E-state index < -0.39 is 5.41 Å². The molecule has 0 saturated carbocycles. The molecule has 0 unspecified atom stereocenters. The number of fused-ring (bicyclic) bond motifs is 12. The van der Waals surface area contributed by atoms with Crippen molar-refractivity contribution in [3.05, 3.63) is 259 Å². The Morgan fingerprint density at radius 3 is 1.61 bits per heavy atom. The van der Waals surface area contributed by atoms with Gasteiger partial charge in [0.2, 0.25) is 0 Å². The van der Waals surface area contributed by atoms with E-state index >= 15 is 0 Å². The van der Waals surface area contributed by atoms with E-state index in [0.29, 0.717) is 0 Å². The SMILES string of the molecule is c1ccc(-c2cc(-c3ccccc3)cc(N(c3ccc(-c4cccc5ccccc45)cc3)c3ccc4c5c(oc4c3)C3(c4ccccc4O5)c4ccccc4-c4ccccc43)c2)cc1. The maximum atomic E-state index is 7.31. The minimum Gasteiger partial charge on any atom is -0.455 e. The monoisotopic (exact) mass is 817 g/mol. The van der Waals surface area contributed by atoms with Crippen LogP contribution in [0.25, 0.3) is 66.2 Å². The maximum Gasteiger partial charge on any atom is 0.178 e. The van der Waals surface area contributed by atoms with Crippen LogP contribution < -0.4 is 9.64 Å². The Bertz CT molecular complexity index is 3480. The molecule has 0 amide bonds. The van der Waals surface area contributed by atoms with Crippen LogP contribution in [0.4, 0.5) is 17.1 Å². The number of hydrogen-bond donors (Lipinski definition) is 0. The van der Waals surface area contributed by atoms with Gasteiger partial charge in [-0.1, -0.05) is 182 Å². The van der Waals surface area contributed by atoms with Gasteiger partial charge >= 0.3 is 0 Å². The molecule has 0 radical (unpaired) electrons. The van der Waals surface area contributed by atoms with E-state index in [-0.39, 0.29) is 0 Å². The molecule has 0 fully saturated rings. The fourth-order valence-electron chi connectivity index (χ4n) is 10.5. The number of furan rings is 1. The Kier molecular flexibility index (Phi) is 8.13. The van der Waals surface area contributed by atoms with Crippen molar-refractivity contribution in [1.29, 1.82) is 0 Å². The van der Waals surface area contributed by atoms with Gasteiger partial charge in [0.25, 0.3) is 0 Å². The zero-order valence-electron chi connectivity index (χ0n) is 34.8. The van der Waals surface area contributed by atoms with Gasteiger partial charge in [-0.3, -0.25) is 0 Å². The van der Waals surface area contributed by atoms with E-state index in [1.807, 2.05) is 0 Å². The average molecular weight is 818 g/mol. The van der Waals surface area contributed by atoms with E-state index in [9.17, 15) is 0 Å². The summed E-state index contributed by atoms with van der Waals surface area (Å²) in [6.07, 6.45) is 0. The molecule has 2 aliphatic rings. The molecule has 2 heterocycles. The Morgan fingerprint density at radius 1 is 0.344 bits per heavy atom. The summed E-state index contributed by atoms with van der Waals surface area (Å²) in [4.78, 5) is 2.36. The highest BCUT2D eigenvalue weighted by Gasteiger charge is 2.54. The number of rotatable bonds is 6. The summed E-state index contributed by atoms with van der Waals surface area (Å²) < 4.78 is 14.2. The van der Waals surface area contributed by atoms with Crippen LogP contribution in [0.1, 0.15) is 22.5 Å². The number of benzene rings is 10. The largest absolute Gasteiger partial charge is 0.455 e. The van der Waals surface area contributed by atoms with E-state index in [4.69, 9.17) is 9.15 Å². The fraction of sp³-hybridized carbons (Fsp3) is 0.0164. The molecule has 10 aromatic carbocycles. The van der Waals surface area contributed by atoms with Crippen LogP contribution in [-0.4, -0.2) is 0 Å². The average Bonchev–Trinajstić information content (AvgIpc) is 3.88. The van der Waals surface area contributed by atoms with Crippen LogP contribution in [-0.2, 0) is 5.41 Å². The number of hydrogen-bond acceptors (Lipinski definition) is 3. The van der Waals surface area contributed by atoms with Crippen molar-refractivity contribution in [2.75, 3.05) is 4.90 Å². The highest BCUT2D eigenvalue weighted by molar-refractivity contribution is 5.99. The minimum absolute atomic E-state index is 0.692. The zero-order chi connectivity index (χ0) is 42.2. The third-order valence-electron chi connectivity index (χ3n) is 13.3. The number of para-hydroxylation sites is 1. The Hall–Kier alpha value is -8.40. The smallest absolute Gasteiger partial charge is 0.178 e. The third-order valence-corrected chi connectivity index (χ3v) is 13.3. The van der Waals surface area contributed by atoms with Gasteiger partial charge < -0.3 is 14.1 Å². The Balaban J connectivity index is 1.03. The fourth-order valence-corrected chi connectivity index (χ4v) is 10.5. The molecule has 13 rings (SSSR count). The lowest BCUT2D eigenvalue weighted by atomic mass is 9.69. The lowest BCUT2D eigenvalue weighted by Crippen LogP contribution is -2.31. The molecule has 64 heavy (non-hydrogen) atoms. The summed E-state index contributed by atoms with van der Waals surface area (Å²) in [5.74, 6) is 2.40. The van der Waals surface area contributed by atoms with Crippen molar-refractivity contribution in [1.82, 2.24) is 0 Å². The van der Waals surface area contributed by atoms with Crippen LogP contribution in [0.2, 0.25) is 0 Å². The predicted octanol–water partition coefficient (Wildman–Crippen LogP) is 16.5. The van der Waals surface area contributed by atoms with Gasteiger partial charge in [0.1, 0.15) is 16.7 Å². The normalized spacial score (nSPS) is 12.9. The van der Waals surface area contributed by atoms with Gasteiger partial charge in [-0.2, -0.15) is 0 Å². The summed E-state index contributed by atoms with van der Waals surface area (Å²) in [5, 5.41) is 3.40. The first-order chi connectivity index (χ1) is 31.7. The van der Waals surface area contributed by atoms with E-state index in [0.717, 1.165) is 78.7 Å². The predicted molar refractivity (Wildman–Crippen MR) is 262 cm³/mol. The standard InChI is InChI=1S/C61H39NO2/c1-3-16-40(17-4-1)44-36-45(41-18-5-2-6-19-41)38-48(37-44)62(46-32-30-43(31-33-46)50-25-15-21-42-20-7-8-22-49(42)50)47-34-35-53-58(39-47)64-60-59(53)63-57-29-14-13-28-56(57)61(60)54-26-11-9-23-51(54)52-24-10-12-27-55(52)61/h1-39H. The zero-order valence-corrected chi connectivity index (χ0v) is 34.8. The lowest BCUT2D eigenvalue weighted by molar-refractivity contribution is 0.389. The molecule has 0 atom stereocenters. The van der Waals surface area contributed by atoms with Crippen LogP contribution in [0.15, 0.2) is 241 Å². The quantitative estimate of drug-likeness (QED) is 0.167. The highest BCUT2D eigenvalue weighted by atomic mass is 16.5. The highest BCUT2D eigenvalue weighted by Crippen LogP contribution is 2.63. The minimum atomic E-state index is -0.692. The van der Waals surface area contributed by atoms with Gasteiger partial charge in [0, 0.05) is 28.7 Å². The number of nitrogens with zero attached hydrogens (tertiary/aromatic N) is 1. The molecular formula is C61H39NO2. The molecule has 1 spiro atoms. The van der Waals surface area contributed by atoms with Crippen LogP contribution in [0.3, 0.4) is 0 Å². The van der Waals surface area contributed by atoms with Gasteiger partial charge in [-0.25, -0.2) is 0 Å². The van der Waals surface area contributed by atoms with E-state index in [1.165, 1.54) is 38.6 Å². The summed E-state index contributed by atoms with van der Waals surface area (Å²) >= 11 is 0. The van der Waals surface area contributed by atoms with Gasteiger partial charge in [-0.05, 0) is 115 Å². The second-order valence-electron chi connectivity index (χ2n) is 16.8. The van der Waals surface area contributed by atoms with Crippen molar-refractivity contribution in [3.8, 4) is 56.0 Å². The van der Waals surface area contributed by atoms with Gasteiger partial charge in [-0.15, -0.1) is 0 Å². The molecular weight excluding hydrogens is 779 g/mol. The maximum absolute atomic E-state index is 7.31. The molecule has 1 aromatic heterocycles. The first-order valence-electron chi connectivity index (χ1n) is 21.9. The van der Waals surface area contributed by atoms with Crippen LogP contribution in [0.5, 0.6) is 11.5 Å². The number of ether oxygens (including phenoxy) is 1. The van der Waals surface area contributed by atoms with Crippen molar-refractivity contribution in [2.24, 2.45) is 0 Å². The summed E-state index contributed by atoms with van der Waals surface area (Å²) in [6, 6.07) is 84.9.